The number of rotatable bonds is 1. The lowest BCUT2D eigenvalue weighted by atomic mass is 9.80. The summed E-state index contributed by atoms with van der Waals surface area (Å²) in [5.74, 6) is 1.96. The van der Waals surface area contributed by atoms with Crippen molar-refractivity contribution in [2.75, 3.05) is 0 Å². The predicted molar refractivity (Wildman–Crippen MR) is 119 cm³/mol. The summed E-state index contributed by atoms with van der Waals surface area (Å²) >= 11 is 0. The molecule has 144 valence electrons. The van der Waals surface area contributed by atoms with E-state index in [0.717, 1.165) is 44.2 Å². The van der Waals surface area contributed by atoms with Gasteiger partial charge in [0.15, 0.2) is 0 Å². The molecule has 3 heteroatoms. The molecule has 0 unspecified atom stereocenters. The first-order chi connectivity index (χ1) is 14.7. The van der Waals surface area contributed by atoms with Crippen molar-refractivity contribution in [3.63, 3.8) is 0 Å². The molecule has 30 heavy (non-hydrogen) atoms. The topological polar surface area (TPSA) is 49.7 Å². The minimum Gasteiger partial charge on any atom is -0.507 e. The Morgan fingerprint density at radius 1 is 0.500 bits per heavy atom. The molecular weight excluding hydrogens is 372 g/mol. The van der Waals surface area contributed by atoms with Crippen molar-refractivity contribution in [2.45, 2.75) is 5.92 Å². The quantitative estimate of drug-likeness (QED) is 0.329. The fourth-order valence-electron chi connectivity index (χ4n) is 4.62. The highest BCUT2D eigenvalue weighted by atomic mass is 16.5. The molecule has 0 radical (unpaired) electrons. The zero-order chi connectivity index (χ0) is 20.2. The SMILES string of the molecule is Oc1cccc2c3c(ccc12)C(c1ccccc1)c1ccc2c(O)cccc2c1O3. The van der Waals surface area contributed by atoms with Gasteiger partial charge in [-0.25, -0.2) is 0 Å². The Bertz CT molecular complexity index is 1350. The molecule has 5 aromatic rings. The van der Waals surface area contributed by atoms with Crippen LogP contribution in [0, 0.1) is 0 Å². The number of phenolic OH excluding ortho intramolecular Hbond substituents is 2. The average Bonchev–Trinajstić information content (AvgIpc) is 2.78. The number of fused-ring (bicyclic) bond motifs is 6. The van der Waals surface area contributed by atoms with Gasteiger partial charge in [-0.05, 0) is 17.7 Å². The maximum absolute atomic E-state index is 10.4. The van der Waals surface area contributed by atoms with Crippen molar-refractivity contribution in [1.29, 1.82) is 0 Å². The number of phenols is 2. The van der Waals surface area contributed by atoms with Crippen LogP contribution in [0.2, 0.25) is 0 Å². The van der Waals surface area contributed by atoms with Crippen molar-refractivity contribution < 1.29 is 14.9 Å². The molecule has 0 bridgehead atoms. The van der Waals surface area contributed by atoms with Crippen LogP contribution in [0.5, 0.6) is 23.0 Å². The Labute approximate surface area is 173 Å². The minimum atomic E-state index is -0.0107. The summed E-state index contributed by atoms with van der Waals surface area (Å²) in [7, 11) is 0. The summed E-state index contributed by atoms with van der Waals surface area (Å²) in [5.41, 5.74) is 3.29. The van der Waals surface area contributed by atoms with Crippen molar-refractivity contribution >= 4 is 21.5 Å². The molecule has 0 aromatic heterocycles. The van der Waals surface area contributed by atoms with Crippen LogP contribution in [0.3, 0.4) is 0 Å². The van der Waals surface area contributed by atoms with E-state index < -0.39 is 0 Å². The van der Waals surface area contributed by atoms with Gasteiger partial charge in [0.25, 0.3) is 0 Å². The van der Waals surface area contributed by atoms with E-state index in [-0.39, 0.29) is 17.4 Å². The van der Waals surface area contributed by atoms with E-state index in [0.29, 0.717) is 0 Å². The van der Waals surface area contributed by atoms with Gasteiger partial charge >= 0.3 is 0 Å². The Morgan fingerprint density at radius 3 is 1.57 bits per heavy atom. The monoisotopic (exact) mass is 390 g/mol. The second-order valence-corrected chi connectivity index (χ2v) is 7.66. The third kappa shape index (κ3) is 2.32. The number of hydrogen-bond acceptors (Lipinski definition) is 3. The number of aromatic hydroxyl groups is 2. The zero-order valence-corrected chi connectivity index (χ0v) is 16.0. The Hall–Kier alpha value is -3.98. The Morgan fingerprint density at radius 2 is 1.03 bits per heavy atom. The fourth-order valence-corrected chi connectivity index (χ4v) is 4.62. The highest BCUT2D eigenvalue weighted by molar-refractivity contribution is 5.98. The van der Waals surface area contributed by atoms with Crippen LogP contribution in [-0.4, -0.2) is 10.2 Å². The molecule has 0 atom stereocenters. The summed E-state index contributed by atoms with van der Waals surface area (Å²) in [6.45, 7) is 0. The van der Waals surface area contributed by atoms with Crippen LogP contribution in [0.25, 0.3) is 21.5 Å². The van der Waals surface area contributed by atoms with Crippen LogP contribution < -0.4 is 4.74 Å². The molecule has 1 aliphatic rings. The van der Waals surface area contributed by atoms with Gasteiger partial charge in [0.2, 0.25) is 0 Å². The van der Waals surface area contributed by atoms with Gasteiger partial charge in [-0.2, -0.15) is 0 Å². The van der Waals surface area contributed by atoms with Crippen molar-refractivity contribution in [3.05, 3.63) is 108 Å². The van der Waals surface area contributed by atoms with Gasteiger partial charge in [0.05, 0.1) is 0 Å². The first-order valence-corrected chi connectivity index (χ1v) is 9.94. The fraction of sp³-hybridized carbons (Fsp3) is 0.0370. The van der Waals surface area contributed by atoms with Crippen molar-refractivity contribution in [2.24, 2.45) is 0 Å². The normalized spacial score (nSPS) is 13.1. The summed E-state index contributed by atoms with van der Waals surface area (Å²) in [6.07, 6.45) is 0. The molecule has 0 aliphatic carbocycles. The molecule has 6 rings (SSSR count). The Balaban J connectivity index is 1.73. The van der Waals surface area contributed by atoms with Gasteiger partial charge < -0.3 is 14.9 Å². The molecule has 0 spiro atoms. The first-order valence-electron chi connectivity index (χ1n) is 9.94. The molecule has 0 saturated carbocycles. The third-order valence-electron chi connectivity index (χ3n) is 6.00. The predicted octanol–water partition coefficient (Wildman–Crippen LogP) is 6.69. The van der Waals surface area contributed by atoms with Crippen LogP contribution in [0.1, 0.15) is 22.6 Å². The van der Waals surface area contributed by atoms with E-state index in [1.807, 2.05) is 66.7 Å². The van der Waals surface area contributed by atoms with E-state index in [1.165, 1.54) is 5.56 Å². The number of ether oxygens (including phenoxy) is 1. The van der Waals surface area contributed by atoms with Gasteiger partial charge in [-0.15, -0.1) is 0 Å². The lowest BCUT2D eigenvalue weighted by molar-refractivity contribution is 0.461. The largest absolute Gasteiger partial charge is 0.507 e. The van der Waals surface area contributed by atoms with E-state index in [9.17, 15) is 10.2 Å². The van der Waals surface area contributed by atoms with E-state index in [1.54, 1.807) is 12.1 Å². The van der Waals surface area contributed by atoms with E-state index >= 15 is 0 Å². The highest BCUT2D eigenvalue weighted by Crippen LogP contribution is 2.53. The third-order valence-corrected chi connectivity index (χ3v) is 6.00. The second kappa shape index (κ2) is 6.26. The molecule has 5 aromatic carbocycles. The summed E-state index contributed by atoms with van der Waals surface area (Å²) in [5, 5.41) is 24.0. The standard InChI is InChI=1S/C27H18O3/c28-23-10-4-8-19-17(23)12-14-21-25(16-6-2-1-3-7-16)22-15-13-18-20(9-5-11-24(18)29)27(22)30-26(19)21/h1-15,25,28-29H. The van der Waals surface area contributed by atoms with Gasteiger partial charge in [-0.1, -0.05) is 78.9 Å². The molecule has 1 heterocycles. The molecule has 3 nitrogen and oxygen atoms in total. The maximum atomic E-state index is 10.4. The maximum Gasteiger partial charge on any atom is 0.139 e. The Kier molecular flexibility index (Phi) is 3.53. The minimum absolute atomic E-state index is 0.0107. The lowest BCUT2D eigenvalue weighted by Crippen LogP contribution is -2.12. The molecule has 0 amide bonds. The first kappa shape index (κ1) is 16.9. The van der Waals surface area contributed by atoms with Crippen LogP contribution in [0.15, 0.2) is 91.0 Å². The average molecular weight is 390 g/mol. The van der Waals surface area contributed by atoms with Gasteiger partial charge in [0, 0.05) is 38.6 Å². The number of benzene rings is 5. The lowest BCUT2D eigenvalue weighted by Gasteiger charge is -2.30. The molecular formula is C27H18O3. The molecule has 0 saturated heterocycles. The van der Waals surface area contributed by atoms with E-state index in [2.05, 4.69) is 12.1 Å². The van der Waals surface area contributed by atoms with Crippen LogP contribution in [-0.2, 0) is 0 Å². The molecule has 0 fully saturated rings. The van der Waals surface area contributed by atoms with Gasteiger partial charge in [-0.3, -0.25) is 0 Å². The van der Waals surface area contributed by atoms with Crippen LogP contribution >= 0.6 is 0 Å². The summed E-state index contributed by atoms with van der Waals surface area (Å²) < 4.78 is 6.54. The number of hydrogen-bond donors (Lipinski definition) is 2. The molecule has 2 N–H and O–H groups in total. The summed E-state index contributed by atoms with van der Waals surface area (Å²) in [6, 6.07) is 29.4. The summed E-state index contributed by atoms with van der Waals surface area (Å²) in [4.78, 5) is 0. The highest BCUT2D eigenvalue weighted by Gasteiger charge is 2.31. The van der Waals surface area contributed by atoms with Gasteiger partial charge in [0.1, 0.15) is 23.0 Å². The second-order valence-electron chi connectivity index (χ2n) is 7.66. The van der Waals surface area contributed by atoms with Crippen molar-refractivity contribution in [3.8, 4) is 23.0 Å². The zero-order valence-electron chi connectivity index (χ0n) is 16.0. The van der Waals surface area contributed by atoms with E-state index in [4.69, 9.17) is 4.74 Å². The molecule has 1 aliphatic heterocycles. The smallest absolute Gasteiger partial charge is 0.139 e. The van der Waals surface area contributed by atoms with Crippen molar-refractivity contribution in [1.82, 2.24) is 0 Å². The van der Waals surface area contributed by atoms with Crippen LogP contribution in [0.4, 0.5) is 0 Å².